The molecule has 0 saturated heterocycles. The molecule has 1 heterocycles. The summed E-state index contributed by atoms with van der Waals surface area (Å²) in [6.45, 7) is 1.89. The molecule has 1 aromatic heterocycles. The van der Waals surface area contributed by atoms with Crippen molar-refractivity contribution in [2.24, 2.45) is 0 Å². The van der Waals surface area contributed by atoms with Gasteiger partial charge in [-0.15, -0.1) is 0 Å². The van der Waals surface area contributed by atoms with Crippen LogP contribution in [0.2, 0.25) is 0 Å². The summed E-state index contributed by atoms with van der Waals surface area (Å²) in [5.74, 6) is 0.337. The van der Waals surface area contributed by atoms with Crippen LogP contribution in [0.5, 0.6) is 5.75 Å². The molecule has 2 amide bonds. The number of aromatic amines is 1. The van der Waals surface area contributed by atoms with Gasteiger partial charge in [0.05, 0.1) is 31.0 Å². The Kier molecular flexibility index (Phi) is 4.33. The van der Waals surface area contributed by atoms with Crippen LogP contribution in [-0.2, 0) is 6.54 Å². The molecule has 3 N–H and O–H groups in total. The molecule has 0 fully saturated rings. The van der Waals surface area contributed by atoms with Crippen LogP contribution in [0.4, 0.5) is 14.9 Å². The van der Waals surface area contributed by atoms with Crippen molar-refractivity contribution in [2.45, 2.75) is 13.5 Å². The first-order valence-electron chi connectivity index (χ1n) is 7.38. The summed E-state index contributed by atoms with van der Waals surface area (Å²) in [7, 11) is 1.57. The number of aryl methyl sites for hydroxylation is 1. The van der Waals surface area contributed by atoms with Gasteiger partial charge in [0, 0.05) is 11.3 Å². The Bertz CT molecular complexity index is 891. The van der Waals surface area contributed by atoms with Crippen LogP contribution < -0.4 is 15.4 Å². The SMILES string of the molecule is COc1ccc2[nH]cnc2c1CNC(=O)Nc1ccc(F)c(C)c1. The molecule has 3 aromatic rings. The number of anilines is 1. The molecule has 6 nitrogen and oxygen atoms in total. The second-order valence-electron chi connectivity index (χ2n) is 5.32. The predicted molar refractivity (Wildman–Crippen MR) is 89.6 cm³/mol. The maximum Gasteiger partial charge on any atom is 0.319 e. The van der Waals surface area contributed by atoms with Gasteiger partial charge in [-0.05, 0) is 42.8 Å². The molecule has 2 aromatic carbocycles. The number of ether oxygens (including phenoxy) is 1. The number of urea groups is 1. The third-order valence-electron chi connectivity index (χ3n) is 3.71. The number of halogens is 1. The number of carbonyl (C=O) groups is 1. The molecule has 0 radical (unpaired) electrons. The van der Waals surface area contributed by atoms with E-state index in [4.69, 9.17) is 4.74 Å². The van der Waals surface area contributed by atoms with Gasteiger partial charge >= 0.3 is 6.03 Å². The van der Waals surface area contributed by atoms with Crippen LogP contribution in [0.3, 0.4) is 0 Å². The van der Waals surface area contributed by atoms with Crippen molar-refractivity contribution in [3.8, 4) is 5.75 Å². The van der Waals surface area contributed by atoms with Gasteiger partial charge in [-0.3, -0.25) is 0 Å². The van der Waals surface area contributed by atoms with E-state index in [9.17, 15) is 9.18 Å². The standard InChI is InChI=1S/C17H17FN4O2/c1-10-7-11(3-4-13(10)18)22-17(23)19-8-12-15(24-2)6-5-14-16(12)21-9-20-14/h3-7,9H,8H2,1-2H3,(H,20,21)(H2,19,22,23). The van der Waals surface area contributed by atoms with Crippen LogP contribution in [0, 0.1) is 12.7 Å². The van der Waals surface area contributed by atoms with Crippen LogP contribution in [0.25, 0.3) is 11.0 Å². The van der Waals surface area contributed by atoms with E-state index in [0.717, 1.165) is 16.6 Å². The Labute approximate surface area is 138 Å². The Morgan fingerprint density at radius 3 is 2.92 bits per heavy atom. The fourth-order valence-electron chi connectivity index (χ4n) is 2.48. The lowest BCUT2D eigenvalue weighted by Crippen LogP contribution is -2.28. The minimum atomic E-state index is -0.393. The molecule has 0 aliphatic carbocycles. The third kappa shape index (κ3) is 3.15. The van der Waals surface area contributed by atoms with Gasteiger partial charge < -0.3 is 20.4 Å². The number of rotatable bonds is 4. The van der Waals surface area contributed by atoms with Gasteiger partial charge in [-0.1, -0.05) is 0 Å². The van der Waals surface area contributed by atoms with Gasteiger partial charge in [-0.2, -0.15) is 0 Å². The number of benzene rings is 2. The van der Waals surface area contributed by atoms with Crippen molar-refractivity contribution < 1.29 is 13.9 Å². The molecule has 124 valence electrons. The summed E-state index contributed by atoms with van der Waals surface area (Å²) in [5, 5.41) is 5.43. The molecule has 0 aliphatic heterocycles. The maximum atomic E-state index is 13.3. The Morgan fingerprint density at radius 2 is 2.17 bits per heavy atom. The van der Waals surface area contributed by atoms with E-state index >= 15 is 0 Å². The highest BCUT2D eigenvalue weighted by molar-refractivity contribution is 5.90. The van der Waals surface area contributed by atoms with E-state index in [-0.39, 0.29) is 12.4 Å². The first kappa shape index (κ1) is 15.8. The molecule has 0 atom stereocenters. The van der Waals surface area contributed by atoms with E-state index in [1.807, 2.05) is 12.1 Å². The molecule has 3 rings (SSSR count). The van der Waals surface area contributed by atoms with Crippen LogP contribution in [0.1, 0.15) is 11.1 Å². The number of carbonyl (C=O) groups excluding carboxylic acids is 1. The Balaban J connectivity index is 1.72. The topological polar surface area (TPSA) is 79.0 Å². The number of hydrogen-bond acceptors (Lipinski definition) is 3. The zero-order chi connectivity index (χ0) is 17.1. The van der Waals surface area contributed by atoms with Crippen molar-refractivity contribution in [2.75, 3.05) is 12.4 Å². The number of fused-ring (bicyclic) bond motifs is 1. The third-order valence-corrected chi connectivity index (χ3v) is 3.71. The normalized spacial score (nSPS) is 10.6. The van der Waals surface area contributed by atoms with Gasteiger partial charge in [0.2, 0.25) is 0 Å². The molecular formula is C17H17FN4O2. The summed E-state index contributed by atoms with van der Waals surface area (Å²) in [5.41, 5.74) is 3.38. The van der Waals surface area contributed by atoms with E-state index in [0.29, 0.717) is 17.0 Å². The molecule has 0 aliphatic rings. The number of H-pyrrole nitrogens is 1. The number of amides is 2. The lowest BCUT2D eigenvalue weighted by atomic mass is 10.1. The highest BCUT2D eigenvalue weighted by atomic mass is 19.1. The van der Waals surface area contributed by atoms with E-state index < -0.39 is 6.03 Å². The fourth-order valence-corrected chi connectivity index (χ4v) is 2.48. The van der Waals surface area contributed by atoms with Crippen LogP contribution in [-0.4, -0.2) is 23.1 Å². The van der Waals surface area contributed by atoms with Gasteiger partial charge in [-0.25, -0.2) is 14.2 Å². The average molecular weight is 328 g/mol. The number of nitrogens with zero attached hydrogens (tertiary/aromatic N) is 1. The average Bonchev–Trinajstić information content (AvgIpc) is 3.04. The predicted octanol–water partition coefficient (Wildman–Crippen LogP) is 3.34. The molecule has 0 saturated carbocycles. The lowest BCUT2D eigenvalue weighted by molar-refractivity contribution is 0.251. The largest absolute Gasteiger partial charge is 0.496 e. The van der Waals surface area contributed by atoms with E-state index in [2.05, 4.69) is 20.6 Å². The summed E-state index contributed by atoms with van der Waals surface area (Å²) in [4.78, 5) is 19.4. The monoisotopic (exact) mass is 328 g/mol. The van der Waals surface area contributed by atoms with E-state index in [1.165, 1.54) is 12.1 Å². The fraction of sp³-hybridized carbons (Fsp3) is 0.176. The zero-order valence-electron chi connectivity index (χ0n) is 13.3. The van der Waals surface area contributed by atoms with Crippen LogP contribution in [0.15, 0.2) is 36.7 Å². The zero-order valence-corrected chi connectivity index (χ0v) is 13.3. The number of methoxy groups -OCH3 is 1. The molecule has 0 spiro atoms. The van der Waals surface area contributed by atoms with Crippen molar-refractivity contribution in [1.29, 1.82) is 0 Å². The highest BCUT2D eigenvalue weighted by Crippen LogP contribution is 2.25. The van der Waals surface area contributed by atoms with Crippen molar-refractivity contribution in [3.63, 3.8) is 0 Å². The summed E-state index contributed by atoms with van der Waals surface area (Å²) >= 11 is 0. The first-order valence-corrected chi connectivity index (χ1v) is 7.38. The lowest BCUT2D eigenvalue weighted by Gasteiger charge is -2.12. The summed E-state index contributed by atoms with van der Waals surface area (Å²) in [6.07, 6.45) is 1.59. The van der Waals surface area contributed by atoms with Crippen LogP contribution >= 0.6 is 0 Å². The molecule has 0 unspecified atom stereocenters. The van der Waals surface area contributed by atoms with Gasteiger partial charge in [0.25, 0.3) is 0 Å². The van der Waals surface area contributed by atoms with Gasteiger partial charge in [0.15, 0.2) is 0 Å². The number of nitrogens with one attached hydrogen (secondary N) is 3. The summed E-state index contributed by atoms with van der Waals surface area (Å²) < 4.78 is 18.6. The van der Waals surface area contributed by atoms with Crippen molar-refractivity contribution in [3.05, 3.63) is 53.6 Å². The Hall–Kier alpha value is -3.09. The second-order valence-corrected chi connectivity index (χ2v) is 5.32. The molecule has 24 heavy (non-hydrogen) atoms. The molecule has 0 bridgehead atoms. The van der Waals surface area contributed by atoms with E-state index in [1.54, 1.807) is 26.4 Å². The number of hydrogen-bond donors (Lipinski definition) is 3. The number of aromatic nitrogens is 2. The van der Waals surface area contributed by atoms with Crippen molar-refractivity contribution >= 4 is 22.8 Å². The Morgan fingerprint density at radius 1 is 1.33 bits per heavy atom. The first-order chi connectivity index (χ1) is 11.6. The minimum Gasteiger partial charge on any atom is -0.496 e. The molecular weight excluding hydrogens is 311 g/mol. The van der Waals surface area contributed by atoms with Crippen molar-refractivity contribution in [1.82, 2.24) is 15.3 Å². The maximum absolute atomic E-state index is 13.3. The summed E-state index contributed by atoms with van der Waals surface area (Å²) in [6, 6.07) is 7.69. The highest BCUT2D eigenvalue weighted by Gasteiger charge is 2.12. The quantitative estimate of drug-likeness (QED) is 0.687. The molecule has 7 heteroatoms. The van der Waals surface area contributed by atoms with Gasteiger partial charge in [0.1, 0.15) is 11.6 Å². The smallest absolute Gasteiger partial charge is 0.319 e. The second kappa shape index (κ2) is 6.57. The number of imidazole rings is 1. The minimum absolute atomic E-state index is 0.247.